The smallest absolute Gasteiger partial charge is 0.416 e. The third kappa shape index (κ3) is 4.45. The minimum absolute atomic E-state index is 0.0286. The molecular formula is C20H17F3N4O4. The summed E-state index contributed by atoms with van der Waals surface area (Å²) in [5.74, 6) is -0.0389. The second kappa shape index (κ2) is 8.26. The van der Waals surface area contributed by atoms with Gasteiger partial charge >= 0.3 is 6.18 Å². The Morgan fingerprint density at radius 3 is 2.68 bits per heavy atom. The van der Waals surface area contributed by atoms with E-state index in [2.05, 4.69) is 20.8 Å². The number of amides is 1. The Bertz CT molecular complexity index is 1070. The summed E-state index contributed by atoms with van der Waals surface area (Å²) in [6.07, 6.45) is -5.30. The summed E-state index contributed by atoms with van der Waals surface area (Å²) in [4.78, 5) is 16.7. The topological polar surface area (TPSA) is 110 Å². The van der Waals surface area contributed by atoms with Gasteiger partial charge in [0.1, 0.15) is 11.8 Å². The predicted molar refractivity (Wildman–Crippen MR) is 102 cm³/mol. The second-order valence-corrected chi connectivity index (χ2v) is 6.76. The van der Waals surface area contributed by atoms with Gasteiger partial charge < -0.3 is 25.0 Å². The van der Waals surface area contributed by atoms with Crippen molar-refractivity contribution >= 4 is 11.6 Å². The number of alkyl halides is 3. The molecule has 2 atom stereocenters. The molecule has 4 rings (SSSR count). The number of anilines is 1. The van der Waals surface area contributed by atoms with E-state index < -0.39 is 36.4 Å². The molecule has 2 unspecified atom stereocenters. The van der Waals surface area contributed by atoms with Gasteiger partial charge in [0.25, 0.3) is 11.8 Å². The maximum atomic E-state index is 12.7. The Balaban J connectivity index is 1.44. The molecule has 1 aromatic heterocycles. The fourth-order valence-electron chi connectivity index (χ4n) is 3.01. The van der Waals surface area contributed by atoms with Gasteiger partial charge in [0.05, 0.1) is 24.4 Å². The number of carbonyl (C=O) groups excluding carboxylic acids is 1. The summed E-state index contributed by atoms with van der Waals surface area (Å²) < 4.78 is 48.9. The molecule has 0 radical (unpaired) electrons. The van der Waals surface area contributed by atoms with Crippen molar-refractivity contribution in [1.82, 2.24) is 15.5 Å². The van der Waals surface area contributed by atoms with E-state index in [0.717, 1.165) is 17.8 Å². The molecule has 3 N–H and O–H groups in total. The van der Waals surface area contributed by atoms with Crippen molar-refractivity contribution in [2.75, 3.05) is 18.5 Å². The van der Waals surface area contributed by atoms with E-state index in [1.54, 1.807) is 12.1 Å². The number of hydrogen-bond donors (Lipinski definition) is 3. The number of aliphatic hydroxyl groups excluding tert-OH is 1. The molecule has 11 heteroatoms. The number of hydrogen-bond acceptors (Lipinski definition) is 7. The van der Waals surface area contributed by atoms with Gasteiger partial charge in [0.2, 0.25) is 5.82 Å². The van der Waals surface area contributed by atoms with Crippen molar-refractivity contribution in [3.8, 4) is 17.1 Å². The zero-order valence-corrected chi connectivity index (χ0v) is 15.9. The fourth-order valence-corrected chi connectivity index (χ4v) is 3.01. The Kier molecular flexibility index (Phi) is 5.51. The summed E-state index contributed by atoms with van der Waals surface area (Å²) in [5, 5.41) is 19.1. The van der Waals surface area contributed by atoms with E-state index in [-0.39, 0.29) is 18.3 Å². The molecular weight excluding hydrogens is 417 g/mol. The minimum atomic E-state index is -4.45. The van der Waals surface area contributed by atoms with Gasteiger partial charge in [-0.2, -0.15) is 18.2 Å². The lowest BCUT2D eigenvalue weighted by molar-refractivity contribution is -0.137. The normalized spacial score (nSPS) is 16.6. The van der Waals surface area contributed by atoms with Crippen molar-refractivity contribution in [2.45, 2.75) is 18.3 Å². The van der Waals surface area contributed by atoms with Gasteiger partial charge in [-0.05, 0) is 24.3 Å². The Labute approximate surface area is 174 Å². The van der Waals surface area contributed by atoms with Gasteiger partial charge in [0, 0.05) is 5.56 Å². The molecule has 0 aliphatic carbocycles. The number of halogens is 3. The van der Waals surface area contributed by atoms with Crippen LogP contribution in [0, 0.1) is 0 Å². The Morgan fingerprint density at radius 2 is 1.97 bits per heavy atom. The van der Waals surface area contributed by atoms with Gasteiger partial charge in [-0.1, -0.05) is 29.4 Å². The van der Waals surface area contributed by atoms with Crippen molar-refractivity contribution in [1.29, 1.82) is 0 Å². The highest BCUT2D eigenvalue weighted by Gasteiger charge is 2.31. The molecule has 0 bridgehead atoms. The third-order valence-electron chi connectivity index (χ3n) is 4.64. The number of nitrogens with one attached hydrogen (secondary N) is 2. The van der Waals surface area contributed by atoms with Gasteiger partial charge in [-0.25, -0.2) is 0 Å². The van der Waals surface area contributed by atoms with E-state index >= 15 is 0 Å². The number of rotatable bonds is 5. The zero-order chi connectivity index (χ0) is 22.0. The summed E-state index contributed by atoms with van der Waals surface area (Å²) >= 11 is 0. The van der Waals surface area contributed by atoms with Gasteiger partial charge in [0.15, 0.2) is 6.10 Å². The van der Waals surface area contributed by atoms with Crippen LogP contribution in [0.4, 0.5) is 18.9 Å². The third-order valence-corrected chi connectivity index (χ3v) is 4.64. The molecule has 2 aromatic carbocycles. The van der Waals surface area contributed by atoms with Crippen LogP contribution in [0.5, 0.6) is 5.75 Å². The number of benzene rings is 2. The molecule has 3 aromatic rings. The first kappa shape index (κ1) is 20.7. The van der Waals surface area contributed by atoms with Crippen LogP contribution >= 0.6 is 0 Å². The van der Waals surface area contributed by atoms with E-state index in [0.29, 0.717) is 11.3 Å². The summed E-state index contributed by atoms with van der Waals surface area (Å²) in [5.41, 5.74) is 0.258. The Morgan fingerprint density at radius 1 is 1.23 bits per heavy atom. The zero-order valence-electron chi connectivity index (χ0n) is 15.9. The number of aliphatic hydroxyl groups is 1. The van der Waals surface area contributed by atoms with E-state index in [4.69, 9.17) is 9.26 Å². The van der Waals surface area contributed by atoms with Crippen LogP contribution in [-0.2, 0) is 11.0 Å². The van der Waals surface area contributed by atoms with Crippen molar-refractivity contribution in [3.05, 3.63) is 60.0 Å². The van der Waals surface area contributed by atoms with E-state index in [1.807, 2.05) is 12.1 Å². The number of nitrogens with zero attached hydrogens (tertiary/aromatic N) is 2. The fraction of sp³-hybridized carbons (Fsp3) is 0.250. The maximum absolute atomic E-state index is 12.7. The number of ether oxygens (including phenoxy) is 1. The van der Waals surface area contributed by atoms with Crippen molar-refractivity contribution in [2.24, 2.45) is 0 Å². The first-order valence-electron chi connectivity index (χ1n) is 9.27. The van der Waals surface area contributed by atoms with Gasteiger partial charge in [-0.15, -0.1) is 0 Å². The molecule has 1 amide bonds. The number of fused-ring (bicyclic) bond motifs is 1. The lowest BCUT2D eigenvalue weighted by Gasteiger charge is -2.27. The highest BCUT2D eigenvalue weighted by atomic mass is 19.4. The number of aromatic nitrogens is 2. The molecule has 31 heavy (non-hydrogen) atoms. The molecule has 0 saturated carbocycles. The quantitative estimate of drug-likeness (QED) is 0.567. The summed E-state index contributed by atoms with van der Waals surface area (Å²) in [6, 6.07) is 10.4. The lowest BCUT2D eigenvalue weighted by atomic mass is 10.1. The molecule has 8 nitrogen and oxygen atoms in total. The second-order valence-electron chi connectivity index (χ2n) is 6.76. The Hall–Kier alpha value is -3.60. The van der Waals surface area contributed by atoms with Crippen LogP contribution in [0.25, 0.3) is 11.4 Å². The van der Waals surface area contributed by atoms with Crippen LogP contribution in [0.1, 0.15) is 17.5 Å². The average Bonchev–Trinajstić information content (AvgIpc) is 3.26. The molecule has 162 valence electrons. The number of carbonyl (C=O) groups is 1. The maximum Gasteiger partial charge on any atom is 0.416 e. The molecule has 0 spiro atoms. The number of para-hydroxylation sites is 2. The van der Waals surface area contributed by atoms with Crippen molar-refractivity contribution in [3.63, 3.8) is 0 Å². The van der Waals surface area contributed by atoms with Crippen LogP contribution in [0.15, 0.2) is 53.1 Å². The molecule has 0 fully saturated rings. The van der Waals surface area contributed by atoms with Crippen LogP contribution in [-0.4, -0.2) is 40.4 Å². The molecule has 1 aliphatic heterocycles. The monoisotopic (exact) mass is 434 g/mol. The first-order chi connectivity index (χ1) is 14.8. The largest absolute Gasteiger partial charge is 0.477 e. The average molecular weight is 434 g/mol. The predicted octanol–water partition coefficient (Wildman–Crippen LogP) is 2.78. The summed E-state index contributed by atoms with van der Waals surface area (Å²) in [6.45, 7) is -0.307. The minimum Gasteiger partial charge on any atom is -0.477 e. The van der Waals surface area contributed by atoms with E-state index in [9.17, 15) is 23.1 Å². The lowest BCUT2D eigenvalue weighted by Crippen LogP contribution is -2.46. The van der Waals surface area contributed by atoms with Crippen LogP contribution in [0.2, 0.25) is 0 Å². The van der Waals surface area contributed by atoms with E-state index in [1.165, 1.54) is 12.1 Å². The van der Waals surface area contributed by atoms with Gasteiger partial charge in [-0.3, -0.25) is 4.79 Å². The molecule has 0 saturated heterocycles. The van der Waals surface area contributed by atoms with Crippen molar-refractivity contribution < 1.29 is 32.3 Å². The highest BCUT2D eigenvalue weighted by molar-refractivity contribution is 5.83. The summed E-state index contributed by atoms with van der Waals surface area (Å²) in [7, 11) is 0. The SMILES string of the molecule is O=C(NC(CO)c1nc(-c2ccc(C(F)(F)F)cc2)no1)C1CNc2ccccc2O1. The molecule has 2 heterocycles. The van der Waals surface area contributed by atoms with Crippen LogP contribution < -0.4 is 15.4 Å². The standard InChI is InChI=1S/C20H17F3N4O4/c21-20(22,23)12-7-5-11(6-8-12)17-26-19(31-27-17)14(10-28)25-18(29)16-9-24-13-3-1-2-4-15(13)30-16/h1-8,14,16,24,28H,9-10H2,(H,25,29). The first-order valence-corrected chi connectivity index (χ1v) is 9.27. The molecule has 1 aliphatic rings. The van der Waals surface area contributed by atoms with Crippen LogP contribution in [0.3, 0.4) is 0 Å². The highest BCUT2D eigenvalue weighted by Crippen LogP contribution is 2.31.